The van der Waals surface area contributed by atoms with E-state index in [2.05, 4.69) is 0 Å². The lowest BCUT2D eigenvalue weighted by Gasteiger charge is -2.33. The highest BCUT2D eigenvalue weighted by Gasteiger charge is 2.27. The van der Waals surface area contributed by atoms with Gasteiger partial charge in [0.1, 0.15) is 11.9 Å². The molecule has 0 radical (unpaired) electrons. The molecule has 1 unspecified atom stereocenters. The van der Waals surface area contributed by atoms with Crippen molar-refractivity contribution in [3.8, 4) is 0 Å². The van der Waals surface area contributed by atoms with Gasteiger partial charge in [-0.3, -0.25) is 14.9 Å². The molecule has 1 atom stereocenters. The van der Waals surface area contributed by atoms with Gasteiger partial charge >= 0.3 is 0 Å². The molecule has 1 heterocycles. The predicted molar refractivity (Wildman–Crippen MR) is 98.5 cm³/mol. The van der Waals surface area contributed by atoms with E-state index in [1.165, 1.54) is 24.3 Å². The number of morpholine rings is 1. The molecule has 1 aliphatic rings. The summed E-state index contributed by atoms with van der Waals surface area (Å²) in [5.41, 5.74) is 1.08. The Kier molecular flexibility index (Phi) is 5.94. The van der Waals surface area contributed by atoms with Gasteiger partial charge in [0.25, 0.3) is 5.69 Å². The number of benzene rings is 2. The first-order valence-electron chi connectivity index (χ1n) is 8.12. The van der Waals surface area contributed by atoms with Crippen molar-refractivity contribution in [1.29, 1.82) is 0 Å². The lowest BCUT2D eigenvalue weighted by molar-refractivity contribution is -0.384. The number of hydrogen-bond donors (Lipinski definition) is 0. The molecule has 0 bridgehead atoms. The Labute approximate surface area is 164 Å². The van der Waals surface area contributed by atoms with E-state index in [9.17, 15) is 19.3 Å². The van der Waals surface area contributed by atoms with E-state index in [4.69, 9.17) is 27.9 Å². The van der Waals surface area contributed by atoms with E-state index in [1.54, 1.807) is 17.0 Å². The van der Waals surface area contributed by atoms with Gasteiger partial charge < -0.3 is 9.64 Å². The number of amides is 1. The largest absolute Gasteiger partial charge is 0.370 e. The summed E-state index contributed by atoms with van der Waals surface area (Å²) >= 11 is 11.9. The Bertz CT molecular complexity index is 876. The third kappa shape index (κ3) is 4.55. The van der Waals surface area contributed by atoms with Crippen molar-refractivity contribution in [3.63, 3.8) is 0 Å². The first kappa shape index (κ1) is 19.5. The van der Waals surface area contributed by atoms with Gasteiger partial charge in [-0.2, -0.15) is 0 Å². The number of non-ortho nitro benzene ring substituents is 1. The Morgan fingerprint density at radius 2 is 1.96 bits per heavy atom. The van der Waals surface area contributed by atoms with Crippen molar-refractivity contribution >= 4 is 34.8 Å². The quantitative estimate of drug-likeness (QED) is 0.428. The molecule has 1 saturated heterocycles. The molecular weight excluding hydrogens is 398 g/mol. The molecule has 1 fully saturated rings. The molecule has 3 rings (SSSR count). The fourth-order valence-corrected chi connectivity index (χ4v) is 3.38. The number of hydrogen-bond acceptors (Lipinski definition) is 4. The van der Waals surface area contributed by atoms with Crippen molar-refractivity contribution in [1.82, 2.24) is 4.90 Å². The molecule has 142 valence electrons. The van der Waals surface area contributed by atoms with Gasteiger partial charge in [0.15, 0.2) is 0 Å². The number of rotatable bonds is 4. The number of nitro groups is 1. The van der Waals surface area contributed by atoms with Gasteiger partial charge in [-0.25, -0.2) is 4.39 Å². The fraction of sp³-hybridized carbons (Fsp3) is 0.278. The maximum absolute atomic E-state index is 13.8. The van der Waals surface area contributed by atoms with E-state index in [-0.39, 0.29) is 41.2 Å². The van der Waals surface area contributed by atoms with Crippen LogP contribution in [0.2, 0.25) is 10.0 Å². The van der Waals surface area contributed by atoms with Crippen LogP contribution >= 0.6 is 23.2 Å². The van der Waals surface area contributed by atoms with E-state index >= 15 is 0 Å². The van der Waals surface area contributed by atoms with Gasteiger partial charge in [-0.15, -0.1) is 0 Å². The summed E-state index contributed by atoms with van der Waals surface area (Å²) in [7, 11) is 0. The zero-order chi connectivity index (χ0) is 19.6. The number of carbonyl (C=O) groups excluding carboxylic acids is 1. The van der Waals surface area contributed by atoms with Crippen LogP contribution in [0.5, 0.6) is 0 Å². The van der Waals surface area contributed by atoms with Gasteiger partial charge in [0.05, 0.1) is 29.5 Å². The average Bonchev–Trinajstić information content (AvgIpc) is 2.65. The lowest BCUT2D eigenvalue weighted by atomic mass is 10.1. The van der Waals surface area contributed by atoms with Gasteiger partial charge in [0.2, 0.25) is 5.91 Å². The Morgan fingerprint density at radius 3 is 2.63 bits per heavy atom. The number of halogens is 3. The van der Waals surface area contributed by atoms with Gasteiger partial charge in [-0.05, 0) is 17.7 Å². The summed E-state index contributed by atoms with van der Waals surface area (Å²) in [6.45, 7) is 0.917. The highest BCUT2D eigenvalue weighted by atomic mass is 35.5. The highest BCUT2D eigenvalue weighted by Crippen LogP contribution is 2.32. The van der Waals surface area contributed by atoms with Crippen LogP contribution in [0, 0.1) is 15.9 Å². The zero-order valence-electron chi connectivity index (χ0n) is 14.0. The minimum atomic E-state index is -0.603. The van der Waals surface area contributed by atoms with E-state index in [1.807, 2.05) is 0 Å². The van der Waals surface area contributed by atoms with Crippen LogP contribution in [0.25, 0.3) is 0 Å². The van der Waals surface area contributed by atoms with Crippen LogP contribution in [0.15, 0.2) is 36.4 Å². The van der Waals surface area contributed by atoms with Crippen LogP contribution in [0.3, 0.4) is 0 Å². The molecule has 0 spiro atoms. The minimum Gasteiger partial charge on any atom is -0.370 e. The molecule has 0 aromatic heterocycles. The second-order valence-electron chi connectivity index (χ2n) is 6.09. The van der Waals surface area contributed by atoms with Gasteiger partial charge in [0, 0.05) is 29.3 Å². The lowest BCUT2D eigenvalue weighted by Crippen LogP contribution is -2.43. The third-order valence-electron chi connectivity index (χ3n) is 4.31. The molecule has 0 saturated carbocycles. The summed E-state index contributed by atoms with van der Waals surface area (Å²) in [4.78, 5) is 24.4. The van der Waals surface area contributed by atoms with Crippen molar-refractivity contribution in [2.45, 2.75) is 12.5 Å². The van der Waals surface area contributed by atoms with Gasteiger partial charge in [-0.1, -0.05) is 35.3 Å². The van der Waals surface area contributed by atoms with Crippen molar-refractivity contribution in [3.05, 3.63) is 73.5 Å². The highest BCUT2D eigenvalue weighted by molar-refractivity contribution is 6.35. The normalized spacial score (nSPS) is 17.0. The van der Waals surface area contributed by atoms with Crippen LogP contribution in [-0.2, 0) is 16.0 Å². The predicted octanol–water partition coefficient (Wildman–Crippen LogP) is 4.18. The van der Waals surface area contributed by atoms with Crippen LogP contribution < -0.4 is 0 Å². The summed E-state index contributed by atoms with van der Waals surface area (Å²) in [6, 6.07) is 8.37. The first-order valence-corrected chi connectivity index (χ1v) is 8.88. The molecule has 0 N–H and O–H groups in total. The topological polar surface area (TPSA) is 72.7 Å². The third-order valence-corrected chi connectivity index (χ3v) is 4.93. The zero-order valence-corrected chi connectivity index (χ0v) is 15.5. The number of carbonyl (C=O) groups is 1. The Balaban J connectivity index is 1.69. The van der Waals surface area contributed by atoms with Crippen LogP contribution in [-0.4, -0.2) is 35.4 Å². The number of nitrogens with zero attached hydrogens (tertiary/aromatic N) is 2. The Hall–Kier alpha value is -2.22. The van der Waals surface area contributed by atoms with Crippen LogP contribution in [0.4, 0.5) is 10.1 Å². The monoisotopic (exact) mass is 412 g/mol. The minimum absolute atomic E-state index is 0.0305. The van der Waals surface area contributed by atoms with Crippen LogP contribution in [0.1, 0.15) is 17.2 Å². The Morgan fingerprint density at radius 1 is 1.26 bits per heavy atom. The maximum Gasteiger partial charge on any atom is 0.269 e. The van der Waals surface area contributed by atoms with Crippen molar-refractivity contribution in [2.24, 2.45) is 0 Å². The molecule has 2 aromatic carbocycles. The molecule has 0 aliphatic carbocycles. The average molecular weight is 413 g/mol. The van der Waals surface area contributed by atoms with Crippen molar-refractivity contribution < 1.29 is 18.8 Å². The van der Waals surface area contributed by atoms with E-state index in [0.29, 0.717) is 17.7 Å². The second kappa shape index (κ2) is 8.21. The van der Waals surface area contributed by atoms with E-state index < -0.39 is 16.8 Å². The molecule has 1 aliphatic heterocycles. The summed E-state index contributed by atoms with van der Waals surface area (Å²) in [6.07, 6.45) is -0.452. The first-order chi connectivity index (χ1) is 12.8. The maximum atomic E-state index is 13.8. The molecule has 2 aromatic rings. The SMILES string of the molecule is O=C(Cc1ccc([N+](=O)[O-])cc1)N1CCOC(c2cc(F)c(Cl)cc2Cl)C1. The smallest absolute Gasteiger partial charge is 0.269 e. The molecule has 6 nitrogen and oxygen atoms in total. The van der Waals surface area contributed by atoms with E-state index in [0.717, 1.165) is 0 Å². The fourth-order valence-electron chi connectivity index (χ4n) is 2.87. The second-order valence-corrected chi connectivity index (χ2v) is 6.90. The molecule has 27 heavy (non-hydrogen) atoms. The molecule has 9 heteroatoms. The summed E-state index contributed by atoms with van der Waals surface area (Å²) in [5.74, 6) is -0.753. The summed E-state index contributed by atoms with van der Waals surface area (Å²) in [5, 5.41) is 10.9. The number of ether oxygens (including phenoxy) is 1. The van der Waals surface area contributed by atoms with Crippen molar-refractivity contribution in [2.75, 3.05) is 19.7 Å². The molecular formula is C18H15Cl2FN2O4. The number of nitro benzene ring substituents is 1. The standard InChI is InChI=1S/C18H15Cl2FN2O4/c19-14-9-15(20)16(21)8-13(14)17-10-22(5-6-27-17)18(24)7-11-1-3-12(4-2-11)23(25)26/h1-4,8-9,17H,5-7,10H2. The summed E-state index contributed by atoms with van der Waals surface area (Å²) < 4.78 is 19.4. The molecule has 1 amide bonds.